The predicted octanol–water partition coefficient (Wildman–Crippen LogP) is -0.537. The molecule has 7 nitrogen and oxygen atoms in total. The minimum Gasteiger partial charge on any atom is -0.479 e. The van der Waals surface area contributed by atoms with E-state index in [1.54, 1.807) is 0 Å². The standard InChI is InChI=1S/C11H23N3O4/c1-4-14(5-2)7-6-12-10(17)13-8-11(3,18)9(15)16/h18H,4-8H2,1-3H3,(H,15,16)(H2,12,13,17). The summed E-state index contributed by atoms with van der Waals surface area (Å²) in [5.41, 5.74) is -1.95. The first-order chi connectivity index (χ1) is 8.33. The van der Waals surface area contributed by atoms with Crippen molar-refractivity contribution in [2.45, 2.75) is 26.4 Å². The maximum absolute atomic E-state index is 11.3. The van der Waals surface area contributed by atoms with E-state index in [2.05, 4.69) is 15.5 Å². The Hall–Kier alpha value is -1.34. The largest absolute Gasteiger partial charge is 0.479 e. The molecule has 0 heterocycles. The Bertz CT molecular complexity index is 277. The number of rotatable bonds is 8. The van der Waals surface area contributed by atoms with Crippen LogP contribution in [-0.2, 0) is 4.79 Å². The number of hydrogen-bond donors (Lipinski definition) is 4. The molecule has 1 atom stereocenters. The van der Waals surface area contributed by atoms with Crippen LogP contribution in [0.1, 0.15) is 20.8 Å². The smallest absolute Gasteiger partial charge is 0.337 e. The molecule has 0 bridgehead atoms. The molecule has 0 spiro atoms. The molecule has 0 fully saturated rings. The minimum absolute atomic E-state index is 0.334. The zero-order chi connectivity index (χ0) is 14.2. The van der Waals surface area contributed by atoms with Gasteiger partial charge in [-0.2, -0.15) is 0 Å². The Labute approximate surface area is 107 Å². The lowest BCUT2D eigenvalue weighted by atomic mass is 10.1. The van der Waals surface area contributed by atoms with Gasteiger partial charge in [-0.15, -0.1) is 0 Å². The zero-order valence-corrected chi connectivity index (χ0v) is 11.2. The van der Waals surface area contributed by atoms with Crippen LogP contribution in [0.25, 0.3) is 0 Å². The Balaban J connectivity index is 3.82. The van der Waals surface area contributed by atoms with Crippen LogP contribution < -0.4 is 10.6 Å². The molecule has 0 saturated carbocycles. The van der Waals surface area contributed by atoms with Gasteiger partial charge in [0.2, 0.25) is 0 Å². The number of carboxylic acids is 1. The summed E-state index contributed by atoms with van der Waals surface area (Å²) in [5, 5.41) is 22.9. The molecule has 0 aromatic rings. The number of nitrogens with one attached hydrogen (secondary N) is 2. The quantitative estimate of drug-likeness (QED) is 0.470. The van der Waals surface area contributed by atoms with Crippen LogP contribution >= 0.6 is 0 Å². The molecule has 0 aliphatic carbocycles. The summed E-state index contributed by atoms with van der Waals surface area (Å²) >= 11 is 0. The van der Waals surface area contributed by atoms with Gasteiger partial charge in [0.1, 0.15) is 0 Å². The molecular weight excluding hydrogens is 238 g/mol. The fourth-order valence-electron chi connectivity index (χ4n) is 1.26. The molecule has 106 valence electrons. The van der Waals surface area contributed by atoms with Gasteiger partial charge in [-0.3, -0.25) is 0 Å². The van der Waals surface area contributed by atoms with Gasteiger partial charge < -0.3 is 25.7 Å². The second-order valence-electron chi connectivity index (χ2n) is 4.22. The lowest BCUT2D eigenvalue weighted by Gasteiger charge is -2.20. The van der Waals surface area contributed by atoms with Gasteiger partial charge in [0.05, 0.1) is 6.54 Å². The second-order valence-corrected chi connectivity index (χ2v) is 4.22. The summed E-state index contributed by atoms with van der Waals surface area (Å²) in [7, 11) is 0. The van der Waals surface area contributed by atoms with Crippen LogP contribution in [0.4, 0.5) is 4.79 Å². The number of carbonyl (C=O) groups excluding carboxylic acids is 1. The van der Waals surface area contributed by atoms with Gasteiger partial charge in [-0.1, -0.05) is 13.8 Å². The van der Waals surface area contributed by atoms with Crippen molar-refractivity contribution in [2.24, 2.45) is 0 Å². The van der Waals surface area contributed by atoms with Crippen molar-refractivity contribution in [3.05, 3.63) is 0 Å². The van der Waals surface area contributed by atoms with Crippen LogP contribution in [-0.4, -0.2) is 65.4 Å². The molecule has 0 aliphatic rings. The van der Waals surface area contributed by atoms with Gasteiger partial charge >= 0.3 is 12.0 Å². The average Bonchev–Trinajstić information content (AvgIpc) is 2.32. The lowest BCUT2D eigenvalue weighted by molar-refractivity contribution is -0.155. The van der Waals surface area contributed by atoms with Crippen LogP contribution in [0, 0.1) is 0 Å². The molecule has 7 heteroatoms. The third kappa shape index (κ3) is 6.41. The lowest BCUT2D eigenvalue weighted by Crippen LogP contribution is -2.49. The van der Waals surface area contributed by atoms with E-state index in [1.165, 1.54) is 0 Å². The zero-order valence-electron chi connectivity index (χ0n) is 11.2. The van der Waals surface area contributed by atoms with Crippen molar-refractivity contribution in [1.29, 1.82) is 0 Å². The van der Waals surface area contributed by atoms with E-state index in [-0.39, 0.29) is 6.54 Å². The van der Waals surface area contributed by atoms with Crippen molar-refractivity contribution in [3.8, 4) is 0 Å². The number of aliphatic hydroxyl groups is 1. The van der Waals surface area contributed by atoms with Crippen molar-refractivity contribution >= 4 is 12.0 Å². The number of aliphatic carboxylic acids is 1. The van der Waals surface area contributed by atoms with E-state index in [1.807, 2.05) is 13.8 Å². The molecule has 0 rings (SSSR count). The van der Waals surface area contributed by atoms with Gasteiger partial charge in [-0.05, 0) is 20.0 Å². The van der Waals surface area contributed by atoms with Gasteiger partial charge in [0.25, 0.3) is 0 Å². The minimum atomic E-state index is -1.95. The third-order valence-electron chi connectivity index (χ3n) is 2.66. The second kappa shape index (κ2) is 7.88. The van der Waals surface area contributed by atoms with Crippen LogP contribution in [0.15, 0.2) is 0 Å². The van der Waals surface area contributed by atoms with E-state index in [4.69, 9.17) is 5.11 Å². The van der Waals surface area contributed by atoms with Crippen molar-refractivity contribution in [1.82, 2.24) is 15.5 Å². The Morgan fingerprint density at radius 2 is 1.78 bits per heavy atom. The molecule has 0 aromatic heterocycles. The van der Waals surface area contributed by atoms with E-state index >= 15 is 0 Å². The molecular formula is C11H23N3O4. The topological polar surface area (TPSA) is 102 Å². The van der Waals surface area contributed by atoms with Crippen LogP contribution in [0.3, 0.4) is 0 Å². The van der Waals surface area contributed by atoms with E-state index in [9.17, 15) is 14.7 Å². The van der Waals surface area contributed by atoms with E-state index in [0.717, 1.165) is 26.6 Å². The maximum atomic E-state index is 11.3. The number of nitrogens with zero attached hydrogens (tertiary/aromatic N) is 1. The highest BCUT2D eigenvalue weighted by Crippen LogP contribution is 2.00. The number of likely N-dealkylation sites (N-methyl/N-ethyl adjacent to an activating group) is 1. The van der Waals surface area contributed by atoms with Gasteiger partial charge in [0.15, 0.2) is 5.60 Å². The predicted molar refractivity (Wildman–Crippen MR) is 67.4 cm³/mol. The molecule has 0 saturated heterocycles. The summed E-state index contributed by atoms with van der Waals surface area (Å²) in [6.45, 7) is 7.89. The summed E-state index contributed by atoms with van der Waals surface area (Å²) in [4.78, 5) is 24.1. The molecule has 2 amide bonds. The first kappa shape index (κ1) is 16.7. The van der Waals surface area contributed by atoms with E-state index < -0.39 is 17.6 Å². The SMILES string of the molecule is CCN(CC)CCNC(=O)NCC(C)(O)C(=O)O. The van der Waals surface area contributed by atoms with Crippen molar-refractivity contribution in [3.63, 3.8) is 0 Å². The molecule has 4 N–H and O–H groups in total. The monoisotopic (exact) mass is 261 g/mol. The highest BCUT2D eigenvalue weighted by Gasteiger charge is 2.30. The Morgan fingerprint density at radius 1 is 1.22 bits per heavy atom. The molecule has 0 radical (unpaired) electrons. The highest BCUT2D eigenvalue weighted by molar-refractivity contribution is 5.79. The first-order valence-electron chi connectivity index (χ1n) is 6.03. The molecule has 18 heavy (non-hydrogen) atoms. The number of urea groups is 1. The highest BCUT2D eigenvalue weighted by atomic mass is 16.4. The number of carbonyl (C=O) groups is 2. The Kier molecular flexibility index (Phi) is 7.30. The summed E-state index contributed by atoms with van der Waals surface area (Å²) in [6.07, 6.45) is 0. The summed E-state index contributed by atoms with van der Waals surface area (Å²) < 4.78 is 0. The summed E-state index contributed by atoms with van der Waals surface area (Å²) in [6, 6.07) is -0.483. The number of amides is 2. The normalized spacial score (nSPS) is 14.1. The third-order valence-corrected chi connectivity index (χ3v) is 2.66. The van der Waals surface area contributed by atoms with Crippen molar-refractivity contribution < 1.29 is 19.8 Å². The molecule has 0 aromatic carbocycles. The Morgan fingerprint density at radius 3 is 2.22 bits per heavy atom. The average molecular weight is 261 g/mol. The van der Waals surface area contributed by atoms with Gasteiger partial charge in [-0.25, -0.2) is 9.59 Å². The fourth-order valence-corrected chi connectivity index (χ4v) is 1.26. The van der Waals surface area contributed by atoms with Crippen molar-refractivity contribution in [2.75, 3.05) is 32.7 Å². The number of hydrogen-bond acceptors (Lipinski definition) is 4. The van der Waals surface area contributed by atoms with E-state index in [0.29, 0.717) is 6.54 Å². The summed E-state index contributed by atoms with van der Waals surface area (Å²) in [5.74, 6) is -1.37. The maximum Gasteiger partial charge on any atom is 0.337 e. The molecule has 0 aliphatic heterocycles. The van der Waals surface area contributed by atoms with Gasteiger partial charge in [0, 0.05) is 13.1 Å². The van der Waals surface area contributed by atoms with Crippen LogP contribution in [0.2, 0.25) is 0 Å². The first-order valence-corrected chi connectivity index (χ1v) is 6.03. The fraction of sp³-hybridized carbons (Fsp3) is 0.818. The number of carboxylic acid groups (broad SMARTS) is 1. The van der Waals surface area contributed by atoms with Crippen LogP contribution in [0.5, 0.6) is 0 Å². The molecule has 1 unspecified atom stereocenters.